The Morgan fingerprint density at radius 3 is 2.56 bits per heavy atom. The van der Waals surface area contributed by atoms with Gasteiger partial charge in [0, 0.05) is 33.8 Å². The van der Waals surface area contributed by atoms with Crippen molar-refractivity contribution in [3.05, 3.63) is 47.4 Å². The highest BCUT2D eigenvalue weighted by molar-refractivity contribution is 7.59. The number of nitrogens with one attached hydrogen (secondary N) is 1. The average Bonchev–Trinajstić information content (AvgIpc) is 3.39. The number of alkyl halides is 3. The quantitative estimate of drug-likeness (QED) is 0.485. The van der Waals surface area contributed by atoms with Crippen molar-refractivity contribution in [1.29, 1.82) is 0 Å². The number of ether oxygens (including phenoxy) is 1. The van der Waals surface area contributed by atoms with Gasteiger partial charge in [0.05, 0.1) is 30.7 Å². The van der Waals surface area contributed by atoms with Gasteiger partial charge in [-0.1, -0.05) is 0 Å². The van der Waals surface area contributed by atoms with Gasteiger partial charge in [0.15, 0.2) is 11.5 Å². The van der Waals surface area contributed by atoms with Crippen LogP contribution in [0.1, 0.15) is 29.7 Å². The Balaban J connectivity index is 0.00000228. The first-order valence-electron chi connectivity index (χ1n) is 10.6. The standard InChI is InChI=1S/C21H25F3N8O2.2H2S/c1-12(34-4)18-20(33)27-15-9-25-17(28-19(15)30(18)2)6-5-13-8-26-32(10-13)11-14-7-16(21(22,23)24)29-31(14)3;;/h7-10,12,18H,5-6,11H2,1-4H3,(H,27,33);2*1H2/t12-,18-;;/m0../s1. The van der Waals surface area contributed by atoms with Crippen LogP contribution < -0.4 is 10.2 Å². The number of anilines is 2. The Morgan fingerprint density at radius 2 is 1.92 bits per heavy atom. The lowest BCUT2D eigenvalue weighted by Gasteiger charge is -2.36. The number of fused-ring (bicyclic) bond motifs is 1. The molecule has 0 saturated carbocycles. The van der Waals surface area contributed by atoms with Crippen LogP contribution in [-0.2, 0) is 42.1 Å². The van der Waals surface area contributed by atoms with Gasteiger partial charge in [0.2, 0.25) is 5.91 Å². The molecule has 0 fully saturated rings. The summed E-state index contributed by atoms with van der Waals surface area (Å²) in [7, 11) is 4.82. The number of hydrogen-bond acceptors (Lipinski definition) is 7. The fourth-order valence-electron chi connectivity index (χ4n) is 3.89. The molecule has 1 N–H and O–H groups in total. The summed E-state index contributed by atoms with van der Waals surface area (Å²) >= 11 is 0. The summed E-state index contributed by atoms with van der Waals surface area (Å²) in [4.78, 5) is 23.2. The predicted octanol–water partition coefficient (Wildman–Crippen LogP) is 2.28. The first-order chi connectivity index (χ1) is 16.1. The third-order valence-corrected chi connectivity index (χ3v) is 5.83. The van der Waals surface area contributed by atoms with E-state index in [0.717, 1.165) is 11.6 Å². The SMILES string of the molecule is CO[C@@H](C)[C@H]1C(=O)Nc2cnc(CCc3cnn(Cc4cc(C(F)(F)F)nn4C)c3)nc2N1C.S.S. The third-order valence-electron chi connectivity index (χ3n) is 5.83. The molecular weight excluding hydrogens is 517 g/mol. The number of methoxy groups -OCH3 is 1. The monoisotopic (exact) mass is 546 g/mol. The lowest BCUT2D eigenvalue weighted by Crippen LogP contribution is -2.52. The Morgan fingerprint density at radius 1 is 1.19 bits per heavy atom. The summed E-state index contributed by atoms with van der Waals surface area (Å²) in [6, 6.07) is 0.512. The second kappa shape index (κ2) is 11.5. The van der Waals surface area contributed by atoms with Crippen molar-refractivity contribution in [2.24, 2.45) is 7.05 Å². The van der Waals surface area contributed by atoms with E-state index in [9.17, 15) is 18.0 Å². The molecule has 3 aromatic rings. The van der Waals surface area contributed by atoms with Crippen LogP contribution in [0.15, 0.2) is 24.7 Å². The maximum Gasteiger partial charge on any atom is 0.435 e. The van der Waals surface area contributed by atoms with E-state index in [-0.39, 0.29) is 45.5 Å². The molecule has 0 aromatic carbocycles. The molecule has 0 spiro atoms. The molecular formula is C21H29F3N8O2S2. The predicted molar refractivity (Wildman–Crippen MR) is 137 cm³/mol. The van der Waals surface area contributed by atoms with Crippen LogP contribution in [0.25, 0.3) is 0 Å². The summed E-state index contributed by atoms with van der Waals surface area (Å²) in [6.45, 7) is 1.99. The molecule has 3 aromatic heterocycles. The van der Waals surface area contributed by atoms with Crippen molar-refractivity contribution in [3.63, 3.8) is 0 Å². The van der Waals surface area contributed by atoms with Crippen LogP contribution in [0.3, 0.4) is 0 Å². The highest BCUT2D eigenvalue weighted by Gasteiger charge is 2.36. The van der Waals surface area contributed by atoms with Crippen molar-refractivity contribution in [2.75, 3.05) is 24.4 Å². The van der Waals surface area contributed by atoms with Gasteiger partial charge in [-0.25, -0.2) is 9.97 Å². The van der Waals surface area contributed by atoms with Gasteiger partial charge >= 0.3 is 6.18 Å². The molecule has 0 bridgehead atoms. The molecule has 0 radical (unpaired) electrons. The molecule has 10 nitrogen and oxygen atoms in total. The van der Waals surface area contributed by atoms with Gasteiger partial charge in [-0.3, -0.25) is 14.2 Å². The first-order valence-corrected chi connectivity index (χ1v) is 10.6. The molecule has 0 unspecified atom stereocenters. The van der Waals surface area contributed by atoms with E-state index in [0.29, 0.717) is 35.9 Å². The van der Waals surface area contributed by atoms with Crippen molar-refractivity contribution in [2.45, 2.75) is 44.6 Å². The van der Waals surface area contributed by atoms with Crippen LogP contribution in [-0.4, -0.2) is 61.7 Å². The molecule has 4 heterocycles. The second-order valence-corrected chi connectivity index (χ2v) is 8.20. The summed E-state index contributed by atoms with van der Waals surface area (Å²) in [6.07, 6.45) is 1.33. The number of aryl methyl sites for hydroxylation is 3. The first kappa shape index (κ1) is 29.5. The highest BCUT2D eigenvalue weighted by atomic mass is 32.1. The zero-order valence-corrected chi connectivity index (χ0v) is 22.2. The Labute approximate surface area is 220 Å². The number of amides is 1. The fraction of sp³-hybridized carbons (Fsp3) is 0.476. The minimum atomic E-state index is -4.49. The van der Waals surface area contributed by atoms with E-state index in [2.05, 4.69) is 25.5 Å². The third kappa shape index (κ3) is 6.13. The molecule has 1 aliphatic heterocycles. The topological polar surface area (TPSA) is 103 Å². The van der Waals surface area contributed by atoms with Crippen molar-refractivity contribution < 1.29 is 22.7 Å². The Hall–Kier alpha value is -2.78. The van der Waals surface area contributed by atoms with E-state index in [1.165, 1.54) is 11.7 Å². The number of halogens is 3. The number of nitrogens with zero attached hydrogens (tertiary/aromatic N) is 7. The van der Waals surface area contributed by atoms with Gasteiger partial charge in [-0.05, 0) is 25.0 Å². The van der Waals surface area contributed by atoms with Gasteiger partial charge < -0.3 is 15.0 Å². The molecule has 4 rings (SSSR count). The maximum atomic E-state index is 12.9. The Bertz CT molecular complexity index is 1200. The minimum absolute atomic E-state index is 0. The van der Waals surface area contributed by atoms with Crippen LogP contribution in [0.5, 0.6) is 0 Å². The smallest absolute Gasteiger partial charge is 0.379 e. The molecule has 36 heavy (non-hydrogen) atoms. The van der Waals surface area contributed by atoms with E-state index >= 15 is 0 Å². The van der Waals surface area contributed by atoms with Gasteiger partial charge in [0.1, 0.15) is 17.6 Å². The number of carbonyl (C=O) groups is 1. The van der Waals surface area contributed by atoms with Crippen LogP contribution in [0, 0.1) is 0 Å². The number of hydrogen-bond donors (Lipinski definition) is 1. The molecule has 15 heteroatoms. The van der Waals surface area contributed by atoms with Crippen molar-refractivity contribution in [3.8, 4) is 0 Å². The molecule has 0 saturated heterocycles. The Kier molecular flexibility index (Phi) is 9.42. The lowest BCUT2D eigenvalue weighted by atomic mass is 10.1. The van der Waals surface area contributed by atoms with Gasteiger partial charge in [-0.2, -0.15) is 50.4 Å². The average molecular weight is 547 g/mol. The zero-order chi connectivity index (χ0) is 24.6. The largest absolute Gasteiger partial charge is 0.435 e. The number of likely N-dealkylation sites (N-methyl/N-ethyl adjacent to an activating group) is 1. The second-order valence-electron chi connectivity index (χ2n) is 8.20. The van der Waals surface area contributed by atoms with Crippen LogP contribution >= 0.6 is 27.0 Å². The van der Waals surface area contributed by atoms with Crippen LogP contribution in [0.4, 0.5) is 24.7 Å². The van der Waals surface area contributed by atoms with Gasteiger partial charge in [0.25, 0.3) is 0 Å². The number of rotatable bonds is 7. The van der Waals surface area contributed by atoms with Crippen molar-refractivity contribution in [1.82, 2.24) is 29.5 Å². The van der Waals surface area contributed by atoms with E-state index < -0.39 is 17.9 Å². The van der Waals surface area contributed by atoms with Crippen LogP contribution in [0.2, 0.25) is 0 Å². The fourth-order valence-corrected chi connectivity index (χ4v) is 3.89. The van der Waals surface area contributed by atoms with Crippen molar-refractivity contribution >= 4 is 44.4 Å². The molecule has 0 aliphatic carbocycles. The number of carbonyl (C=O) groups excluding carboxylic acids is 1. The van der Waals surface area contributed by atoms with E-state index in [1.807, 2.05) is 6.92 Å². The lowest BCUT2D eigenvalue weighted by molar-refractivity contribution is -0.141. The van der Waals surface area contributed by atoms with Gasteiger partial charge in [-0.15, -0.1) is 0 Å². The molecule has 2 atom stereocenters. The summed E-state index contributed by atoms with van der Waals surface area (Å²) in [5.41, 5.74) is 0.903. The van der Waals surface area contributed by atoms with E-state index in [1.54, 1.807) is 42.3 Å². The summed E-state index contributed by atoms with van der Waals surface area (Å²) in [5.74, 6) is 1.04. The normalized spacial score (nSPS) is 16.0. The summed E-state index contributed by atoms with van der Waals surface area (Å²) < 4.78 is 46.7. The number of aromatic nitrogens is 6. The minimum Gasteiger partial charge on any atom is -0.379 e. The van der Waals surface area contributed by atoms with E-state index in [4.69, 9.17) is 4.74 Å². The molecule has 1 aliphatic rings. The molecule has 198 valence electrons. The summed E-state index contributed by atoms with van der Waals surface area (Å²) in [5, 5.41) is 10.6. The highest BCUT2D eigenvalue weighted by Crippen LogP contribution is 2.30. The maximum absolute atomic E-state index is 12.9. The molecule has 1 amide bonds. The zero-order valence-electron chi connectivity index (χ0n) is 20.2.